The van der Waals surface area contributed by atoms with Gasteiger partial charge in [0.2, 0.25) is 5.91 Å². The number of nitrogens with one attached hydrogen (secondary N) is 2. The topological polar surface area (TPSA) is 87.5 Å². The zero-order chi connectivity index (χ0) is 13.3. The second-order valence-electron chi connectivity index (χ2n) is 3.81. The van der Waals surface area contributed by atoms with Crippen LogP contribution in [0.25, 0.3) is 0 Å². The predicted molar refractivity (Wildman–Crippen MR) is 71.1 cm³/mol. The Bertz CT molecular complexity index is 248. The molecular weight excluding hydrogens is 240 g/mol. The summed E-state index contributed by atoms with van der Waals surface area (Å²) in [6.45, 7) is 0.795. The molecule has 0 aliphatic rings. The van der Waals surface area contributed by atoms with Crippen LogP contribution in [0.4, 0.5) is 4.79 Å². The van der Waals surface area contributed by atoms with Crippen LogP contribution < -0.4 is 16.4 Å². The smallest absolute Gasteiger partial charge is 0.316 e. The maximum absolute atomic E-state index is 11.5. The number of amides is 3. The van der Waals surface area contributed by atoms with Crippen LogP contribution in [0.1, 0.15) is 6.42 Å². The molecule has 0 bridgehead atoms. The molecule has 6 nitrogen and oxygen atoms in total. The zero-order valence-corrected chi connectivity index (χ0v) is 11.5. The lowest BCUT2D eigenvalue weighted by molar-refractivity contribution is -0.122. The van der Waals surface area contributed by atoms with Crippen LogP contribution in [0.15, 0.2) is 0 Å². The molecule has 1 atom stereocenters. The first-order valence-electron chi connectivity index (χ1n) is 5.46. The van der Waals surface area contributed by atoms with Crippen LogP contribution in [0.3, 0.4) is 0 Å². The fourth-order valence-corrected chi connectivity index (χ4v) is 1.51. The minimum atomic E-state index is -0.466. The molecule has 0 saturated heterocycles. The third-order valence-corrected chi connectivity index (χ3v) is 2.72. The first kappa shape index (κ1) is 16.1. The van der Waals surface area contributed by atoms with E-state index in [1.54, 1.807) is 25.9 Å². The lowest BCUT2D eigenvalue weighted by Crippen LogP contribution is -2.45. The maximum atomic E-state index is 11.5. The summed E-state index contributed by atoms with van der Waals surface area (Å²) in [7, 11) is 3.32. The van der Waals surface area contributed by atoms with Crippen molar-refractivity contribution in [2.75, 3.05) is 39.2 Å². The van der Waals surface area contributed by atoms with E-state index in [0.717, 1.165) is 5.75 Å². The van der Waals surface area contributed by atoms with Gasteiger partial charge in [-0.2, -0.15) is 11.8 Å². The van der Waals surface area contributed by atoms with Gasteiger partial charge in [-0.3, -0.25) is 4.79 Å². The Morgan fingerprint density at radius 2 is 1.88 bits per heavy atom. The second-order valence-corrected chi connectivity index (χ2v) is 4.79. The Morgan fingerprint density at radius 3 is 2.41 bits per heavy atom. The number of nitrogens with zero attached hydrogens (tertiary/aromatic N) is 1. The van der Waals surface area contributed by atoms with E-state index in [4.69, 9.17) is 5.73 Å². The molecule has 0 aromatic heterocycles. The highest BCUT2D eigenvalue weighted by molar-refractivity contribution is 7.98. The summed E-state index contributed by atoms with van der Waals surface area (Å²) >= 11 is 1.66. The summed E-state index contributed by atoms with van der Waals surface area (Å²) in [5.41, 5.74) is 5.67. The highest BCUT2D eigenvalue weighted by Gasteiger charge is 2.11. The van der Waals surface area contributed by atoms with E-state index in [0.29, 0.717) is 19.5 Å². The van der Waals surface area contributed by atoms with Crippen LogP contribution in [0.2, 0.25) is 0 Å². The summed E-state index contributed by atoms with van der Waals surface area (Å²) in [4.78, 5) is 24.0. The fraction of sp³-hybridized carbons (Fsp3) is 0.800. The molecule has 0 saturated carbocycles. The number of carbonyl (C=O) groups is 2. The van der Waals surface area contributed by atoms with Crippen LogP contribution >= 0.6 is 11.8 Å². The van der Waals surface area contributed by atoms with E-state index in [-0.39, 0.29) is 11.9 Å². The largest absolute Gasteiger partial charge is 0.353 e. The minimum absolute atomic E-state index is 0.168. The third kappa shape index (κ3) is 7.87. The van der Waals surface area contributed by atoms with Crippen molar-refractivity contribution in [2.24, 2.45) is 5.73 Å². The molecule has 0 aromatic carbocycles. The molecule has 0 spiro atoms. The van der Waals surface area contributed by atoms with Crippen LogP contribution in [0, 0.1) is 0 Å². The van der Waals surface area contributed by atoms with E-state index in [9.17, 15) is 9.59 Å². The van der Waals surface area contributed by atoms with Crippen LogP contribution in [-0.2, 0) is 4.79 Å². The van der Waals surface area contributed by atoms with Crippen molar-refractivity contribution in [1.82, 2.24) is 15.5 Å². The van der Waals surface area contributed by atoms with Crippen LogP contribution in [-0.4, -0.2) is 62.1 Å². The van der Waals surface area contributed by atoms with Crippen molar-refractivity contribution in [3.05, 3.63) is 0 Å². The first-order valence-corrected chi connectivity index (χ1v) is 6.85. The number of nitrogens with two attached hydrogens (primary N) is 1. The molecular formula is C10H22N4O2S. The van der Waals surface area contributed by atoms with Crippen molar-refractivity contribution in [3.63, 3.8) is 0 Å². The molecule has 7 heteroatoms. The fourth-order valence-electron chi connectivity index (χ4n) is 1.02. The summed E-state index contributed by atoms with van der Waals surface area (Å²) in [6, 6.07) is -0.641. The van der Waals surface area contributed by atoms with Gasteiger partial charge in [-0.15, -0.1) is 0 Å². The molecule has 0 unspecified atom stereocenters. The summed E-state index contributed by atoms with van der Waals surface area (Å²) in [5, 5.41) is 5.33. The second kappa shape index (κ2) is 9.12. The lowest BCUT2D eigenvalue weighted by Gasteiger charge is -2.14. The van der Waals surface area contributed by atoms with Gasteiger partial charge in [0.25, 0.3) is 0 Å². The van der Waals surface area contributed by atoms with Gasteiger partial charge in [0.1, 0.15) is 0 Å². The highest BCUT2D eigenvalue weighted by atomic mass is 32.2. The van der Waals surface area contributed by atoms with Crippen molar-refractivity contribution in [1.29, 1.82) is 0 Å². The normalized spacial score (nSPS) is 11.8. The average Bonchev–Trinajstić information content (AvgIpc) is 2.30. The molecule has 0 heterocycles. The molecule has 0 radical (unpaired) electrons. The van der Waals surface area contributed by atoms with E-state index in [1.807, 2.05) is 6.26 Å². The third-order valence-electron chi connectivity index (χ3n) is 2.08. The monoisotopic (exact) mass is 262 g/mol. The number of hydrogen-bond acceptors (Lipinski definition) is 4. The van der Waals surface area contributed by atoms with Crippen LogP contribution in [0.5, 0.6) is 0 Å². The SMILES string of the molecule is CSCC[C@H](N)C(=O)NCCNC(=O)N(C)C. The molecule has 0 aromatic rings. The number of carbonyl (C=O) groups excluding carboxylic acids is 2. The quantitative estimate of drug-likeness (QED) is 0.537. The van der Waals surface area contributed by atoms with Crippen molar-refractivity contribution in [2.45, 2.75) is 12.5 Å². The molecule has 0 aliphatic carbocycles. The molecule has 0 fully saturated rings. The van der Waals surface area contributed by atoms with Gasteiger partial charge >= 0.3 is 6.03 Å². The molecule has 17 heavy (non-hydrogen) atoms. The Morgan fingerprint density at radius 1 is 1.29 bits per heavy atom. The van der Waals surface area contributed by atoms with Gasteiger partial charge in [0.05, 0.1) is 6.04 Å². The van der Waals surface area contributed by atoms with Gasteiger partial charge in [-0.1, -0.05) is 0 Å². The van der Waals surface area contributed by atoms with Crippen molar-refractivity contribution < 1.29 is 9.59 Å². The minimum Gasteiger partial charge on any atom is -0.353 e. The van der Waals surface area contributed by atoms with E-state index in [2.05, 4.69) is 10.6 Å². The molecule has 0 rings (SSSR count). The van der Waals surface area contributed by atoms with E-state index in [1.165, 1.54) is 4.90 Å². The number of hydrogen-bond donors (Lipinski definition) is 3. The molecule has 0 aliphatic heterocycles. The number of rotatable bonds is 7. The van der Waals surface area contributed by atoms with E-state index >= 15 is 0 Å². The molecule has 4 N–H and O–H groups in total. The van der Waals surface area contributed by atoms with Crippen molar-refractivity contribution in [3.8, 4) is 0 Å². The summed E-state index contributed by atoms with van der Waals surface area (Å²) < 4.78 is 0. The van der Waals surface area contributed by atoms with E-state index < -0.39 is 6.04 Å². The van der Waals surface area contributed by atoms with Gasteiger partial charge in [0.15, 0.2) is 0 Å². The maximum Gasteiger partial charge on any atom is 0.316 e. The summed E-state index contributed by atoms with van der Waals surface area (Å²) in [5.74, 6) is 0.699. The molecule has 3 amide bonds. The zero-order valence-electron chi connectivity index (χ0n) is 10.7. The molecule has 100 valence electrons. The summed E-state index contributed by atoms with van der Waals surface area (Å²) in [6.07, 6.45) is 2.64. The Hall–Kier alpha value is -0.950. The number of thioether (sulfide) groups is 1. The first-order chi connectivity index (χ1) is 7.99. The average molecular weight is 262 g/mol. The van der Waals surface area contributed by atoms with Crippen molar-refractivity contribution >= 4 is 23.7 Å². The van der Waals surface area contributed by atoms with Gasteiger partial charge < -0.3 is 21.3 Å². The Balaban J connectivity index is 3.60. The van der Waals surface area contributed by atoms with Gasteiger partial charge in [-0.25, -0.2) is 4.79 Å². The Labute approximate surface area is 107 Å². The predicted octanol–water partition coefficient (Wildman–Crippen LogP) is -0.546. The number of urea groups is 1. The highest BCUT2D eigenvalue weighted by Crippen LogP contribution is 1.98. The lowest BCUT2D eigenvalue weighted by atomic mass is 10.2. The van der Waals surface area contributed by atoms with Gasteiger partial charge in [-0.05, 0) is 18.4 Å². The standard InChI is InChI=1S/C10H22N4O2S/c1-14(2)10(16)13-6-5-12-9(15)8(11)4-7-17-3/h8H,4-7,11H2,1-3H3,(H,12,15)(H,13,16)/t8-/m0/s1. The Kier molecular flexibility index (Phi) is 8.61. The van der Waals surface area contributed by atoms with Gasteiger partial charge in [0, 0.05) is 27.2 Å².